The molecule has 5 rings (SSSR count). The molecule has 11 heteroatoms. The SMILES string of the molecule is CC(C)(O)[C@H](F)CNC(=O)c1cnc(-c2ccc3cc(C#N)cnn23)cc1NC1CC(CNC2COC2)C1. The first kappa shape index (κ1) is 26.0. The Kier molecular flexibility index (Phi) is 7.29. The van der Waals surface area contributed by atoms with Crippen molar-refractivity contribution in [2.75, 3.05) is 31.6 Å². The standard InChI is InChI=1S/C27H32FN7O3/c1-27(2,37)25(28)13-32-26(36)21-12-31-23(24-4-3-20-7-17(9-29)11-33-35(20)24)8-22(21)34-18-5-16(6-18)10-30-19-14-38-15-19/h3-4,7-8,11-12,16,18-19,25,30,37H,5-6,10,13-15H2,1-2H3,(H,31,34)(H,32,36)/t16?,18?,25-/m1/s1. The number of nitriles is 1. The molecule has 0 aromatic carbocycles. The highest BCUT2D eigenvalue weighted by Crippen LogP contribution is 2.33. The Bertz CT molecular complexity index is 1350. The zero-order valence-electron chi connectivity index (χ0n) is 21.4. The molecule has 0 unspecified atom stereocenters. The van der Waals surface area contributed by atoms with Crippen LogP contribution in [0.4, 0.5) is 10.1 Å². The number of pyridine rings is 1. The number of fused-ring (bicyclic) bond motifs is 1. The van der Waals surface area contributed by atoms with Gasteiger partial charge < -0.3 is 25.8 Å². The molecule has 2 aliphatic rings. The van der Waals surface area contributed by atoms with Crippen molar-refractivity contribution >= 4 is 17.1 Å². The van der Waals surface area contributed by atoms with Crippen LogP contribution >= 0.6 is 0 Å². The average molecular weight is 522 g/mol. The van der Waals surface area contributed by atoms with Crippen LogP contribution < -0.4 is 16.0 Å². The highest BCUT2D eigenvalue weighted by Gasteiger charge is 2.32. The zero-order chi connectivity index (χ0) is 26.9. The van der Waals surface area contributed by atoms with E-state index in [0.29, 0.717) is 40.2 Å². The van der Waals surface area contributed by atoms with Crippen LogP contribution in [0, 0.1) is 17.2 Å². The van der Waals surface area contributed by atoms with Crippen molar-refractivity contribution in [1.82, 2.24) is 25.2 Å². The summed E-state index contributed by atoms with van der Waals surface area (Å²) in [4.78, 5) is 17.5. The van der Waals surface area contributed by atoms with Gasteiger partial charge in [0.15, 0.2) is 0 Å². The molecule has 4 N–H and O–H groups in total. The molecule has 10 nitrogen and oxygen atoms in total. The monoisotopic (exact) mass is 521 g/mol. The lowest BCUT2D eigenvalue weighted by Gasteiger charge is -2.39. The van der Waals surface area contributed by atoms with Crippen LogP contribution in [0.1, 0.15) is 42.6 Å². The summed E-state index contributed by atoms with van der Waals surface area (Å²) in [5.74, 6) is 0.0663. The third-order valence-electron chi connectivity index (χ3n) is 7.18. The van der Waals surface area contributed by atoms with Gasteiger partial charge >= 0.3 is 0 Å². The molecule has 1 aliphatic carbocycles. The van der Waals surface area contributed by atoms with Crippen molar-refractivity contribution in [1.29, 1.82) is 5.26 Å². The second-order valence-corrected chi connectivity index (χ2v) is 10.7. The van der Waals surface area contributed by atoms with E-state index in [1.165, 1.54) is 26.2 Å². The first-order valence-electron chi connectivity index (χ1n) is 12.8. The molecule has 1 saturated heterocycles. The fraction of sp³-hybridized carbons (Fsp3) is 0.481. The summed E-state index contributed by atoms with van der Waals surface area (Å²) in [5, 5.41) is 33.0. The van der Waals surface area contributed by atoms with Crippen molar-refractivity contribution in [2.24, 2.45) is 5.92 Å². The minimum Gasteiger partial charge on any atom is -0.387 e. The summed E-state index contributed by atoms with van der Waals surface area (Å²) in [6.45, 7) is 4.87. The van der Waals surface area contributed by atoms with Gasteiger partial charge in [0, 0.05) is 12.2 Å². The number of ether oxygens (including phenoxy) is 1. The maximum atomic E-state index is 14.3. The van der Waals surface area contributed by atoms with Crippen LogP contribution in [0.25, 0.3) is 16.9 Å². The van der Waals surface area contributed by atoms with Crippen LogP contribution in [-0.2, 0) is 4.74 Å². The molecule has 0 spiro atoms. The van der Waals surface area contributed by atoms with Gasteiger partial charge in [0.1, 0.15) is 12.2 Å². The highest BCUT2D eigenvalue weighted by molar-refractivity contribution is 6.00. The molecule has 0 bridgehead atoms. The minimum absolute atomic E-state index is 0.187. The van der Waals surface area contributed by atoms with Gasteiger partial charge in [-0.1, -0.05) is 0 Å². The van der Waals surface area contributed by atoms with Crippen LogP contribution in [-0.4, -0.2) is 75.8 Å². The predicted molar refractivity (Wildman–Crippen MR) is 139 cm³/mol. The van der Waals surface area contributed by atoms with Gasteiger partial charge in [-0.3, -0.25) is 9.78 Å². The lowest BCUT2D eigenvalue weighted by atomic mass is 9.80. The predicted octanol–water partition coefficient (Wildman–Crippen LogP) is 2.29. The summed E-state index contributed by atoms with van der Waals surface area (Å²) < 4.78 is 21.2. The molecule has 3 aromatic heterocycles. The number of nitrogens with zero attached hydrogens (tertiary/aromatic N) is 4. The molecular weight excluding hydrogens is 489 g/mol. The third kappa shape index (κ3) is 5.62. The lowest BCUT2D eigenvalue weighted by molar-refractivity contribution is -0.00807. The fourth-order valence-corrected chi connectivity index (χ4v) is 4.60. The summed E-state index contributed by atoms with van der Waals surface area (Å²) >= 11 is 0. The largest absolute Gasteiger partial charge is 0.387 e. The van der Waals surface area contributed by atoms with Crippen LogP contribution in [0.15, 0.2) is 36.7 Å². The Labute approximate surface area is 220 Å². The molecular formula is C27H32FN7O3. The van der Waals surface area contributed by atoms with E-state index in [2.05, 4.69) is 32.1 Å². The molecule has 200 valence electrons. The number of rotatable bonds is 10. The first-order valence-corrected chi connectivity index (χ1v) is 12.8. The Balaban J connectivity index is 1.35. The third-order valence-corrected chi connectivity index (χ3v) is 7.18. The molecule has 38 heavy (non-hydrogen) atoms. The van der Waals surface area contributed by atoms with Gasteiger partial charge in [0.2, 0.25) is 0 Å². The van der Waals surface area contributed by atoms with E-state index in [4.69, 9.17) is 10.00 Å². The molecule has 1 amide bonds. The molecule has 0 radical (unpaired) electrons. The van der Waals surface area contributed by atoms with Crippen molar-refractivity contribution in [3.63, 3.8) is 0 Å². The van der Waals surface area contributed by atoms with Crippen molar-refractivity contribution in [2.45, 2.75) is 50.5 Å². The smallest absolute Gasteiger partial charge is 0.255 e. The summed E-state index contributed by atoms with van der Waals surface area (Å²) in [5.41, 5.74) is 1.85. The number of carbonyl (C=O) groups excluding carboxylic acids is 1. The summed E-state index contributed by atoms with van der Waals surface area (Å²) in [6, 6.07) is 9.98. The molecule has 1 atom stereocenters. The lowest BCUT2D eigenvalue weighted by Crippen LogP contribution is -2.50. The van der Waals surface area contributed by atoms with E-state index in [1.807, 2.05) is 12.1 Å². The van der Waals surface area contributed by atoms with Crippen LogP contribution in [0.5, 0.6) is 0 Å². The fourth-order valence-electron chi connectivity index (χ4n) is 4.60. The zero-order valence-corrected chi connectivity index (χ0v) is 21.4. The number of alkyl halides is 1. The summed E-state index contributed by atoms with van der Waals surface area (Å²) in [7, 11) is 0. The van der Waals surface area contributed by atoms with Crippen molar-refractivity contribution in [3.05, 3.63) is 47.8 Å². The van der Waals surface area contributed by atoms with Gasteiger partial charge in [0.25, 0.3) is 5.91 Å². The molecule has 1 aliphatic heterocycles. The maximum Gasteiger partial charge on any atom is 0.255 e. The van der Waals surface area contributed by atoms with Crippen LogP contribution in [0.2, 0.25) is 0 Å². The number of hydrogen-bond acceptors (Lipinski definition) is 8. The van der Waals surface area contributed by atoms with E-state index in [9.17, 15) is 14.3 Å². The number of nitrogens with one attached hydrogen (secondary N) is 3. The Morgan fingerprint density at radius 1 is 1.29 bits per heavy atom. The molecule has 2 fully saturated rings. The normalized spacial score (nSPS) is 20.3. The molecule has 4 heterocycles. The Morgan fingerprint density at radius 3 is 2.76 bits per heavy atom. The Morgan fingerprint density at radius 2 is 2.08 bits per heavy atom. The van der Waals surface area contributed by atoms with Gasteiger partial charge in [-0.2, -0.15) is 10.4 Å². The van der Waals surface area contributed by atoms with E-state index in [1.54, 1.807) is 16.6 Å². The second kappa shape index (κ2) is 10.6. The maximum absolute atomic E-state index is 14.3. The minimum atomic E-state index is -1.62. The first-order chi connectivity index (χ1) is 18.2. The van der Waals surface area contributed by atoms with Crippen LogP contribution in [0.3, 0.4) is 0 Å². The van der Waals surface area contributed by atoms with Gasteiger partial charge in [-0.05, 0) is 63.4 Å². The number of halogens is 1. The summed E-state index contributed by atoms with van der Waals surface area (Å²) in [6.07, 6.45) is 3.26. The molecule has 3 aromatic rings. The van der Waals surface area contributed by atoms with Crippen molar-refractivity contribution < 1.29 is 19.0 Å². The van der Waals surface area contributed by atoms with Crippen molar-refractivity contribution in [3.8, 4) is 17.5 Å². The highest BCUT2D eigenvalue weighted by atomic mass is 19.1. The van der Waals surface area contributed by atoms with Gasteiger partial charge in [-0.25, -0.2) is 8.91 Å². The number of anilines is 1. The Hall–Kier alpha value is -3.59. The quantitative estimate of drug-likeness (QED) is 0.319. The van der Waals surface area contributed by atoms with E-state index >= 15 is 0 Å². The second-order valence-electron chi connectivity index (χ2n) is 10.7. The van der Waals surface area contributed by atoms with Gasteiger partial charge in [-0.15, -0.1) is 0 Å². The number of carbonyl (C=O) groups is 1. The van der Waals surface area contributed by atoms with E-state index in [0.717, 1.165) is 38.1 Å². The topological polar surface area (TPSA) is 137 Å². The number of hydrogen-bond donors (Lipinski definition) is 4. The van der Waals surface area contributed by atoms with E-state index < -0.39 is 17.7 Å². The van der Waals surface area contributed by atoms with E-state index in [-0.39, 0.29) is 12.6 Å². The number of aliphatic hydroxyl groups is 1. The number of amides is 1. The molecule has 1 saturated carbocycles. The number of aromatic nitrogens is 3. The average Bonchev–Trinajstić information content (AvgIpc) is 3.26. The van der Waals surface area contributed by atoms with Gasteiger partial charge in [0.05, 0.1) is 71.3 Å².